The molecule has 1 aromatic heterocycles. The van der Waals surface area contributed by atoms with Gasteiger partial charge in [-0.1, -0.05) is 12.1 Å². The Kier molecular flexibility index (Phi) is 7.32. The number of methoxy groups -OCH3 is 2. The van der Waals surface area contributed by atoms with E-state index in [9.17, 15) is 13.2 Å². The van der Waals surface area contributed by atoms with E-state index >= 15 is 0 Å². The maximum atomic E-state index is 13.7. The number of pyridine rings is 1. The van der Waals surface area contributed by atoms with Crippen molar-refractivity contribution >= 4 is 21.6 Å². The average Bonchev–Trinajstić information content (AvgIpc) is 2.81. The van der Waals surface area contributed by atoms with Crippen LogP contribution in [0, 0.1) is 6.92 Å². The van der Waals surface area contributed by atoms with Gasteiger partial charge in [-0.25, -0.2) is 8.42 Å². The molecular weight excluding hydrogens is 430 g/mol. The molecular formula is C23H25N3O5S. The lowest BCUT2D eigenvalue weighted by atomic mass is 10.2. The summed E-state index contributed by atoms with van der Waals surface area (Å²) in [4.78, 5) is 16.7. The van der Waals surface area contributed by atoms with Gasteiger partial charge in [-0.15, -0.1) is 0 Å². The summed E-state index contributed by atoms with van der Waals surface area (Å²) >= 11 is 0. The van der Waals surface area contributed by atoms with Crippen LogP contribution in [-0.4, -0.2) is 40.1 Å². The number of rotatable bonds is 9. The van der Waals surface area contributed by atoms with Crippen LogP contribution in [-0.2, 0) is 21.4 Å². The van der Waals surface area contributed by atoms with E-state index < -0.39 is 22.5 Å². The number of hydrogen-bond donors (Lipinski definition) is 1. The molecule has 3 aromatic rings. The molecule has 0 fully saturated rings. The highest BCUT2D eigenvalue weighted by molar-refractivity contribution is 7.93. The lowest BCUT2D eigenvalue weighted by Gasteiger charge is -2.25. The zero-order chi connectivity index (χ0) is 23.1. The number of carbonyl (C=O) groups is 1. The highest BCUT2D eigenvalue weighted by atomic mass is 32.2. The summed E-state index contributed by atoms with van der Waals surface area (Å²) in [6, 6.07) is 15.0. The van der Waals surface area contributed by atoms with Crippen LogP contribution >= 0.6 is 0 Å². The molecule has 0 aliphatic rings. The summed E-state index contributed by atoms with van der Waals surface area (Å²) < 4.78 is 39.0. The second-order valence-corrected chi connectivity index (χ2v) is 8.83. The standard InChI is InChI=1S/C23H25N3O5S/c1-17-7-8-21(31-3)22(13-17)32(28,29)26(19-5-4-6-20(14-19)30-2)16-23(27)25-15-18-9-11-24-12-10-18/h4-14H,15-16H2,1-3H3,(H,25,27). The Hall–Kier alpha value is -3.59. The number of amides is 1. The van der Waals surface area contributed by atoms with E-state index in [0.29, 0.717) is 11.4 Å². The van der Waals surface area contributed by atoms with Crippen LogP contribution in [0.15, 0.2) is 71.9 Å². The Balaban J connectivity index is 1.97. The van der Waals surface area contributed by atoms with Gasteiger partial charge in [0.25, 0.3) is 10.0 Å². The fourth-order valence-electron chi connectivity index (χ4n) is 3.07. The van der Waals surface area contributed by atoms with Crippen LogP contribution in [0.4, 0.5) is 5.69 Å². The van der Waals surface area contributed by atoms with Gasteiger partial charge in [0.15, 0.2) is 0 Å². The van der Waals surface area contributed by atoms with Crippen LogP contribution in [0.5, 0.6) is 11.5 Å². The molecule has 2 aromatic carbocycles. The van der Waals surface area contributed by atoms with Gasteiger partial charge < -0.3 is 14.8 Å². The molecule has 0 bridgehead atoms. The van der Waals surface area contributed by atoms with E-state index in [-0.39, 0.29) is 17.2 Å². The van der Waals surface area contributed by atoms with Gasteiger partial charge in [0.2, 0.25) is 5.91 Å². The molecule has 0 saturated heterocycles. The molecule has 168 valence electrons. The van der Waals surface area contributed by atoms with Crippen LogP contribution in [0.2, 0.25) is 0 Å². The molecule has 0 spiro atoms. The van der Waals surface area contributed by atoms with E-state index in [0.717, 1.165) is 15.4 Å². The molecule has 0 saturated carbocycles. The number of nitrogens with zero attached hydrogens (tertiary/aromatic N) is 2. The SMILES string of the molecule is COc1cccc(N(CC(=O)NCc2ccncc2)S(=O)(=O)c2cc(C)ccc2OC)c1. The first-order valence-corrected chi connectivity index (χ1v) is 11.3. The molecule has 0 radical (unpaired) electrons. The van der Waals surface area contributed by atoms with Crippen LogP contribution < -0.4 is 19.1 Å². The number of ether oxygens (including phenoxy) is 2. The largest absolute Gasteiger partial charge is 0.497 e. The molecule has 32 heavy (non-hydrogen) atoms. The highest BCUT2D eigenvalue weighted by Gasteiger charge is 2.30. The van der Waals surface area contributed by atoms with Crippen molar-refractivity contribution in [2.24, 2.45) is 0 Å². The fourth-order valence-corrected chi connectivity index (χ4v) is 4.73. The average molecular weight is 456 g/mol. The highest BCUT2D eigenvalue weighted by Crippen LogP contribution is 2.32. The van der Waals surface area contributed by atoms with Crippen LogP contribution in [0.1, 0.15) is 11.1 Å². The summed E-state index contributed by atoms with van der Waals surface area (Å²) in [5, 5.41) is 2.76. The van der Waals surface area contributed by atoms with Crippen molar-refractivity contribution in [2.45, 2.75) is 18.4 Å². The van der Waals surface area contributed by atoms with Crippen LogP contribution in [0.25, 0.3) is 0 Å². The number of nitrogens with one attached hydrogen (secondary N) is 1. The summed E-state index contributed by atoms with van der Waals surface area (Å²) in [6.07, 6.45) is 3.25. The second kappa shape index (κ2) is 10.1. The maximum Gasteiger partial charge on any atom is 0.268 e. The Labute approximate surface area is 187 Å². The predicted molar refractivity (Wildman–Crippen MR) is 121 cm³/mol. The second-order valence-electron chi connectivity index (χ2n) is 7.00. The summed E-state index contributed by atoms with van der Waals surface area (Å²) in [5.74, 6) is 0.205. The zero-order valence-electron chi connectivity index (χ0n) is 18.1. The van der Waals surface area contributed by atoms with Crippen molar-refractivity contribution < 1.29 is 22.7 Å². The molecule has 9 heteroatoms. The van der Waals surface area contributed by atoms with Crippen molar-refractivity contribution in [1.29, 1.82) is 0 Å². The zero-order valence-corrected chi connectivity index (χ0v) is 18.9. The lowest BCUT2D eigenvalue weighted by Crippen LogP contribution is -2.40. The minimum absolute atomic E-state index is 0.0234. The Morgan fingerprint density at radius 1 is 1.03 bits per heavy atom. The summed E-state index contributed by atoms with van der Waals surface area (Å²) in [5.41, 5.74) is 1.90. The lowest BCUT2D eigenvalue weighted by molar-refractivity contribution is -0.119. The Morgan fingerprint density at radius 3 is 2.47 bits per heavy atom. The van der Waals surface area contributed by atoms with Gasteiger partial charge in [0.1, 0.15) is 22.9 Å². The number of carbonyl (C=O) groups excluding carboxylic acids is 1. The molecule has 0 unspecified atom stereocenters. The monoisotopic (exact) mass is 455 g/mol. The van der Waals surface area contributed by atoms with Crippen LogP contribution in [0.3, 0.4) is 0 Å². The third kappa shape index (κ3) is 5.36. The van der Waals surface area contributed by atoms with Crippen molar-refractivity contribution in [2.75, 3.05) is 25.1 Å². The first kappa shape index (κ1) is 23.1. The van der Waals surface area contributed by atoms with E-state index in [1.807, 2.05) is 0 Å². The molecule has 1 amide bonds. The number of benzene rings is 2. The summed E-state index contributed by atoms with van der Waals surface area (Å²) in [6.45, 7) is 1.62. The minimum Gasteiger partial charge on any atom is -0.497 e. The number of anilines is 1. The third-order valence-corrected chi connectivity index (χ3v) is 6.55. The fraction of sp³-hybridized carbons (Fsp3) is 0.217. The van der Waals surface area contributed by atoms with Crippen molar-refractivity contribution in [3.8, 4) is 11.5 Å². The first-order valence-electron chi connectivity index (χ1n) is 9.82. The molecule has 3 rings (SSSR count). The molecule has 0 aliphatic carbocycles. The van der Waals surface area contributed by atoms with Crippen molar-refractivity contribution in [1.82, 2.24) is 10.3 Å². The number of sulfonamides is 1. The predicted octanol–water partition coefficient (Wildman–Crippen LogP) is 2.92. The van der Waals surface area contributed by atoms with Gasteiger partial charge in [-0.3, -0.25) is 14.1 Å². The first-order chi connectivity index (χ1) is 15.3. The van der Waals surface area contributed by atoms with Gasteiger partial charge >= 0.3 is 0 Å². The van der Waals surface area contributed by atoms with Gasteiger partial charge in [0, 0.05) is 25.0 Å². The van der Waals surface area contributed by atoms with E-state index in [4.69, 9.17) is 9.47 Å². The van der Waals surface area contributed by atoms with Crippen molar-refractivity contribution in [3.63, 3.8) is 0 Å². The number of hydrogen-bond acceptors (Lipinski definition) is 6. The molecule has 0 aliphatic heterocycles. The smallest absolute Gasteiger partial charge is 0.268 e. The van der Waals surface area contributed by atoms with E-state index in [1.54, 1.807) is 67.8 Å². The maximum absolute atomic E-state index is 13.7. The van der Waals surface area contributed by atoms with Crippen molar-refractivity contribution in [3.05, 3.63) is 78.1 Å². The van der Waals surface area contributed by atoms with E-state index in [2.05, 4.69) is 10.3 Å². The normalized spacial score (nSPS) is 11.0. The minimum atomic E-state index is -4.14. The number of aromatic nitrogens is 1. The molecule has 1 heterocycles. The Morgan fingerprint density at radius 2 is 1.78 bits per heavy atom. The molecule has 8 nitrogen and oxygen atoms in total. The van der Waals surface area contributed by atoms with Gasteiger partial charge in [0.05, 0.1) is 19.9 Å². The van der Waals surface area contributed by atoms with Gasteiger partial charge in [-0.2, -0.15) is 0 Å². The third-order valence-electron chi connectivity index (χ3n) is 4.75. The topological polar surface area (TPSA) is 97.8 Å². The molecule has 0 atom stereocenters. The van der Waals surface area contributed by atoms with E-state index in [1.165, 1.54) is 20.3 Å². The Bertz CT molecular complexity index is 1180. The number of aryl methyl sites for hydroxylation is 1. The summed E-state index contributed by atoms with van der Waals surface area (Å²) in [7, 11) is -1.25. The molecule has 1 N–H and O–H groups in total. The van der Waals surface area contributed by atoms with Gasteiger partial charge in [-0.05, 0) is 54.4 Å². The quantitative estimate of drug-likeness (QED) is 0.533.